The molecule has 3 amide bonds. The number of aliphatic hydroxyl groups excluding tert-OH is 2. The molecule has 8 unspecified atom stereocenters. The molecule has 0 aliphatic rings. The number of carboxylic acids is 1. The molecule has 0 aromatic rings. The van der Waals surface area contributed by atoms with Crippen molar-refractivity contribution in [2.45, 2.75) is 90.8 Å². The zero-order valence-corrected chi connectivity index (χ0v) is 19.1. The van der Waals surface area contributed by atoms with Gasteiger partial charge in [-0.15, -0.1) is 0 Å². The number of aliphatic carboxylic acids is 1. The van der Waals surface area contributed by atoms with Crippen LogP contribution in [-0.4, -0.2) is 75.4 Å². The van der Waals surface area contributed by atoms with E-state index >= 15 is 0 Å². The zero-order chi connectivity index (χ0) is 24.5. The Balaban J connectivity index is 5.43. The molecule has 0 aromatic heterocycles. The minimum absolute atomic E-state index is 0.165. The van der Waals surface area contributed by atoms with E-state index in [1.165, 1.54) is 13.8 Å². The van der Waals surface area contributed by atoms with Crippen LogP contribution in [0.1, 0.15) is 54.4 Å². The Kier molecular flexibility index (Phi) is 12.3. The first-order valence-electron chi connectivity index (χ1n) is 10.5. The molecule has 8 atom stereocenters. The molecule has 0 rings (SSSR count). The molecule has 0 radical (unpaired) electrons. The van der Waals surface area contributed by atoms with Gasteiger partial charge in [-0.3, -0.25) is 14.4 Å². The van der Waals surface area contributed by atoms with Gasteiger partial charge in [0, 0.05) is 0 Å². The fourth-order valence-corrected chi connectivity index (χ4v) is 2.74. The van der Waals surface area contributed by atoms with Gasteiger partial charge in [0.1, 0.15) is 18.1 Å². The summed E-state index contributed by atoms with van der Waals surface area (Å²) >= 11 is 0. The zero-order valence-electron chi connectivity index (χ0n) is 19.1. The molecule has 0 bridgehead atoms. The van der Waals surface area contributed by atoms with Crippen molar-refractivity contribution in [3.05, 3.63) is 0 Å². The number of nitrogens with two attached hydrogens (primary N) is 1. The van der Waals surface area contributed by atoms with Crippen molar-refractivity contribution < 1.29 is 34.5 Å². The first-order valence-corrected chi connectivity index (χ1v) is 10.5. The second kappa shape index (κ2) is 13.2. The molecule has 31 heavy (non-hydrogen) atoms. The first-order chi connectivity index (χ1) is 14.3. The number of aliphatic hydroxyl groups is 2. The Morgan fingerprint density at radius 3 is 1.39 bits per heavy atom. The number of nitrogens with one attached hydrogen (secondary N) is 3. The van der Waals surface area contributed by atoms with E-state index in [1.54, 1.807) is 20.8 Å². The Labute approximate surface area is 183 Å². The highest BCUT2D eigenvalue weighted by Crippen LogP contribution is 2.10. The maximum absolute atomic E-state index is 12.7. The summed E-state index contributed by atoms with van der Waals surface area (Å²) < 4.78 is 0. The van der Waals surface area contributed by atoms with E-state index in [-0.39, 0.29) is 5.92 Å². The molecule has 8 N–H and O–H groups in total. The third kappa shape index (κ3) is 8.80. The number of rotatable bonds is 13. The molecule has 0 saturated carbocycles. The van der Waals surface area contributed by atoms with Crippen LogP contribution >= 0.6 is 0 Å². The quantitative estimate of drug-likeness (QED) is 0.182. The van der Waals surface area contributed by atoms with E-state index < -0.39 is 66.0 Å². The van der Waals surface area contributed by atoms with Crippen molar-refractivity contribution in [3.63, 3.8) is 0 Å². The van der Waals surface area contributed by atoms with Crippen LogP contribution in [0.2, 0.25) is 0 Å². The SMILES string of the molecule is CCC(C)C(N)C(=O)NC(C(=O)NC(C(=O)NC(C(=O)O)C(C)CC)C(C)O)C(C)O. The predicted molar refractivity (Wildman–Crippen MR) is 114 cm³/mol. The van der Waals surface area contributed by atoms with Crippen molar-refractivity contribution in [2.75, 3.05) is 0 Å². The monoisotopic (exact) mass is 446 g/mol. The van der Waals surface area contributed by atoms with Crippen LogP contribution in [0.15, 0.2) is 0 Å². The van der Waals surface area contributed by atoms with Gasteiger partial charge < -0.3 is 37.0 Å². The molecule has 11 nitrogen and oxygen atoms in total. The van der Waals surface area contributed by atoms with E-state index in [4.69, 9.17) is 5.73 Å². The normalized spacial score (nSPS) is 19.0. The minimum Gasteiger partial charge on any atom is -0.480 e. The average molecular weight is 447 g/mol. The molecular weight excluding hydrogens is 408 g/mol. The highest BCUT2D eigenvalue weighted by atomic mass is 16.4. The van der Waals surface area contributed by atoms with E-state index in [9.17, 15) is 34.5 Å². The fraction of sp³-hybridized carbons (Fsp3) is 0.800. The number of hydrogen-bond acceptors (Lipinski definition) is 7. The molecule has 0 aliphatic carbocycles. The van der Waals surface area contributed by atoms with Crippen LogP contribution in [0, 0.1) is 11.8 Å². The van der Waals surface area contributed by atoms with E-state index in [0.29, 0.717) is 12.8 Å². The summed E-state index contributed by atoms with van der Waals surface area (Å²) in [6.45, 7) is 9.56. The van der Waals surface area contributed by atoms with Crippen LogP contribution < -0.4 is 21.7 Å². The smallest absolute Gasteiger partial charge is 0.326 e. The van der Waals surface area contributed by atoms with Gasteiger partial charge in [-0.2, -0.15) is 0 Å². The van der Waals surface area contributed by atoms with Crippen molar-refractivity contribution in [2.24, 2.45) is 17.6 Å². The molecule has 180 valence electrons. The van der Waals surface area contributed by atoms with Gasteiger partial charge in [-0.25, -0.2) is 4.79 Å². The van der Waals surface area contributed by atoms with Gasteiger partial charge in [0.2, 0.25) is 17.7 Å². The van der Waals surface area contributed by atoms with Gasteiger partial charge in [0.15, 0.2) is 0 Å². The molecule has 0 aliphatic heterocycles. The van der Waals surface area contributed by atoms with E-state index in [0.717, 1.165) is 0 Å². The van der Waals surface area contributed by atoms with Crippen LogP contribution in [0.3, 0.4) is 0 Å². The summed E-state index contributed by atoms with van der Waals surface area (Å²) in [4.78, 5) is 49.0. The number of carbonyl (C=O) groups is 4. The van der Waals surface area contributed by atoms with Crippen LogP contribution in [-0.2, 0) is 19.2 Å². The van der Waals surface area contributed by atoms with Crippen LogP contribution in [0.4, 0.5) is 0 Å². The third-order valence-electron chi connectivity index (χ3n) is 5.46. The highest BCUT2D eigenvalue weighted by Gasteiger charge is 2.35. The van der Waals surface area contributed by atoms with Gasteiger partial charge in [0.25, 0.3) is 0 Å². The van der Waals surface area contributed by atoms with E-state index in [2.05, 4.69) is 16.0 Å². The van der Waals surface area contributed by atoms with Crippen molar-refractivity contribution in [1.82, 2.24) is 16.0 Å². The Morgan fingerprint density at radius 1 is 0.710 bits per heavy atom. The second-order valence-corrected chi connectivity index (χ2v) is 8.08. The van der Waals surface area contributed by atoms with Gasteiger partial charge in [-0.1, -0.05) is 40.5 Å². The lowest BCUT2D eigenvalue weighted by atomic mass is 9.98. The number of carboxylic acid groups (broad SMARTS) is 1. The van der Waals surface area contributed by atoms with Gasteiger partial charge in [0.05, 0.1) is 18.2 Å². The third-order valence-corrected chi connectivity index (χ3v) is 5.46. The molecule has 0 saturated heterocycles. The molecule has 0 spiro atoms. The molecule has 0 aromatic carbocycles. The van der Waals surface area contributed by atoms with Crippen molar-refractivity contribution in [1.29, 1.82) is 0 Å². The van der Waals surface area contributed by atoms with Crippen LogP contribution in [0.5, 0.6) is 0 Å². The lowest BCUT2D eigenvalue weighted by Crippen LogP contribution is -2.62. The summed E-state index contributed by atoms with van der Waals surface area (Å²) in [5.41, 5.74) is 5.86. The van der Waals surface area contributed by atoms with Crippen molar-refractivity contribution in [3.8, 4) is 0 Å². The summed E-state index contributed by atoms with van der Waals surface area (Å²) in [6, 6.07) is -5.04. The first kappa shape index (κ1) is 28.8. The summed E-state index contributed by atoms with van der Waals surface area (Å²) in [5, 5.41) is 36.3. The number of hydrogen-bond donors (Lipinski definition) is 7. The molecule has 0 fully saturated rings. The van der Waals surface area contributed by atoms with Gasteiger partial charge in [-0.05, 0) is 25.7 Å². The summed E-state index contributed by atoms with van der Waals surface area (Å²) in [6.07, 6.45) is -1.58. The van der Waals surface area contributed by atoms with E-state index in [1.807, 2.05) is 6.92 Å². The molecule has 0 heterocycles. The minimum atomic E-state index is -1.50. The lowest BCUT2D eigenvalue weighted by molar-refractivity contribution is -0.144. The fourth-order valence-electron chi connectivity index (χ4n) is 2.74. The Bertz CT molecular complexity index is 627. The summed E-state index contributed by atoms with van der Waals surface area (Å²) in [7, 11) is 0. The maximum Gasteiger partial charge on any atom is 0.326 e. The van der Waals surface area contributed by atoms with Crippen molar-refractivity contribution >= 4 is 23.7 Å². The Hall–Kier alpha value is -2.24. The second-order valence-electron chi connectivity index (χ2n) is 8.08. The Morgan fingerprint density at radius 2 is 1.06 bits per heavy atom. The number of carbonyl (C=O) groups excluding carboxylic acids is 3. The molecular formula is C20H38N4O7. The van der Waals surface area contributed by atoms with Crippen LogP contribution in [0.25, 0.3) is 0 Å². The highest BCUT2D eigenvalue weighted by molar-refractivity contribution is 5.94. The maximum atomic E-state index is 12.7. The number of amides is 3. The lowest BCUT2D eigenvalue weighted by Gasteiger charge is -2.29. The predicted octanol–water partition coefficient (Wildman–Crippen LogP) is -1.29. The topological polar surface area (TPSA) is 191 Å². The van der Waals surface area contributed by atoms with Gasteiger partial charge >= 0.3 is 5.97 Å². The standard InChI is InChI=1S/C20H38N4O7/c1-7-9(3)13(21)17(27)23-15(11(5)25)19(29)24-16(12(6)26)18(28)22-14(20(30)31)10(4)8-2/h9-16,25-26H,7-8,21H2,1-6H3,(H,22,28)(H,23,27)(H,24,29)(H,30,31). The largest absolute Gasteiger partial charge is 0.480 e. The molecule has 11 heteroatoms. The average Bonchev–Trinajstić information content (AvgIpc) is 2.70. The summed E-state index contributed by atoms with van der Waals surface area (Å²) in [5.74, 6) is -4.26.